The molecule has 1 aromatic carbocycles. The van der Waals surface area contributed by atoms with Crippen LogP contribution in [0.1, 0.15) is 54.6 Å². The second-order valence-electron chi connectivity index (χ2n) is 6.98. The molecule has 2 aromatic heterocycles. The molecular weight excluding hydrogens is 394 g/mol. The predicted octanol–water partition coefficient (Wildman–Crippen LogP) is 4.70. The van der Waals surface area contributed by atoms with Crippen molar-refractivity contribution in [2.24, 2.45) is 0 Å². The van der Waals surface area contributed by atoms with E-state index in [1.807, 2.05) is 29.6 Å². The van der Waals surface area contributed by atoms with Gasteiger partial charge in [0.1, 0.15) is 11.5 Å². The van der Waals surface area contributed by atoms with Crippen molar-refractivity contribution in [3.63, 3.8) is 0 Å². The van der Waals surface area contributed by atoms with Crippen LogP contribution in [0.25, 0.3) is 11.4 Å². The Balaban J connectivity index is 1.36. The third-order valence-corrected chi connectivity index (χ3v) is 7.16. The van der Waals surface area contributed by atoms with E-state index in [0.29, 0.717) is 23.4 Å². The van der Waals surface area contributed by atoms with E-state index in [-0.39, 0.29) is 5.75 Å². The van der Waals surface area contributed by atoms with Crippen molar-refractivity contribution in [3.8, 4) is 17.1 Å². The van der Waals surface area contributed by atoms with Crippen molar-refractivity contribution in [2.45, 2.75) is 49.5 Å². The maximum atomic E-state index is 12.5. The smallest absolute Gasteiger partial charge is 0.239 e. The van der Waals surface area contributed by atoms with Crippen LogP contribution in [0.5, 0.6) is 5.75 Å². The molecule has 3 aromatic rings. The van der Waals surface area contributed by atoms with Crippen molar-refractivity contribution in [2.75, 3.05) is 7.11 Å². The number of methoxy groups -OCH3 is 1. The molecule has 148 valence electrons. The zero-order valence-corrected chi connectivity index (χ0v) is 17.4. The average Bonchev–Trinajstić information content (AvgIpc) is 3.38. The molecule has 0 saturated heterocycles. The third-order valence-electron chi connectivity index (χ3n) is 4.91. The molecule has 0 amide bonds. The summed E-state index contributed by atoms with van der Waals surface area (Å²) in [5, 5.41) is 7.24. The lowest BCUT2D eigenvalue weighted by molar-refractivity contribution is 0.390. The minimum absolute atomic E-state index is 0.229. The number of benzene rings is 1. The van der Waals surface area contributed by atoms with Crippen LogP contribution in [0.3, 0.4) is 0 Å². The Morgan fingerprint density at radius 1 is 1.21 bits per heavy atom. The monoisotopic (exact) mass is 417 g/mol. The summed E-state index contributed by atoms with van der Waals surface area (Å²) in [6, 6.07) is 7.45. The van der Waals surface area contributed by atoms with Gasteiger partial charge in [-0.1, -0.05) is 36.6 Å². The number of ether oxygens (including phenoxy) is 1. The summed E-state index contributed by atoms with van der Waals surface area (Å²) in [5.41, 5.74) is 1.70. The van der Waals surface area contributed by atoms with Crippen LogP contribution in [-0.4, -0.2) is 26.4 Å². The first kappa shape index (κ1) is 19.3. The summed E-state index contributed by atoms with van der Waals surface area (Å²) in [5.74, 6) is 2.80. The van der Waals surface area contributed by atoms with Crippen LogP contribution in [0.4, 0.5) is 0 Å². The molecule has 0 N–H and O–H groups in total. The summed E-state index contributed by atoms with van der Waals surface area (Å²) < 4.78 is 23.0. The number of hydrogen-bond acceptors (Lipinski definition) is 7. The van der Waals surface area contributed by atoms with Crippen molar-refractivity contribution in [1.82, 2.24) is 15.1 Å². The molecule has 2 heterocycles. The summed E-state index contributed by atoms with van der Waals surface area (Å²) in [4.78, 5) is 9.10. The second kappa shape index (κ2) is 8.96. The van der Waals surface area contributed by atoms with Gasteiger partial charge in [-0.3, -0.25) is 4.21 Å². The number of thiazole rings is 1. The van der Waals surface area contributed by atoms with E-state index in [4.69, 9.17) is 14.2 Å². The van der Waals surface area contributed by atoms with Gasteiger partial charge in [-0.2, -0.15) is 4.98 Å². The fraction of sp³-hybridized carbons (Fsp3) is 0.450. The minimum Gasteiger partial charge on any atom is -0.497 e. The van der Waals surface area contributed by atoms with E-state index in [1.54, 1.807) is 18.4 Å². The standard InChI is InChI=1S/C20H23N3O3S2/c1-25-17-9-5-8-15(10-17)19-22-18(26-23-19)13-28(24)12-16-11-27-20(21-16)14-6-3-2-4-7-14/h5,8-11,14H,2-4,6-7,12-13H2,1H3. The zero-order valence-electron chi connectivity index (χ0n) is 15.8. The van der Waals surface area contributed by atoms with Crippen LogP contribution in [-0.2, 0) is 22.3 Å². The van der Waals surface area contributed by atoms with E-state index >= 15 is 0 Å². The van der Waals surface area contributed by atoms with Crippen molar-refractivity contribution in [3.05, 3.63) is 46.2 Å². The number of rotatable bonds is 7. The van der Waals surface area contributed by atoms with E-state index < -0.39 is 10.8 Å². The highest BCUT2D eigenvalue weighted by molar-refractivity contribution is 7.83. The summed E-state index contributed by atoms with van der Waals surface area (Å²) in [6.45, 7) is 0. The third kappa shape index (κ3) is 4.67. The minimum atomic E-state index is -1.14. The van der Waals surface area contributed by atoms with Gasteiger partial charge < -0.3 is 9.26 Å². The zero-order chi connectivity index (χ0) is 19.3. The first-order valence-corrected chi connectivity index (χ1v) is 11.8. The molecule has 4 rings (SSSR count). The quantitative estimate of drug-likeness (QED) is 0.554. The lowest BCUT2D eigenvalue weighted by Crippen LogP contribution is -2.05. The van der Waals surface area contributed by atoms with Gasteiger partial charge in [0.25, 0.3) is 0 Å². The van der Waals surface area contributed by atoms with E-state index in [9.17, 15) is 4.21 Å². The van der Waals surface area contributed by atoms with Gasteiger partial charge in [-0.25, -0.2) is 4.98 Å². The Bertz CT molecular complexity index is 948. The highest BCUT2D eigenvalue weighted by Gasteiger charge is 2.19. The van der Waals surface area contributed by atoms with Crippen molar-refractivity contribution < 1.29 is 13.5 Å². The lowest BCUT2D eigenvalue weighted by atomic mass is 9.90. The van der Waals surface area contributed by atoms with Crippen LogP contribution in [0.15, 0.2) is 34.2 Å². The molecule has 0 spiro atoms. The van der Waals surface area contributed by atoms with Gasteiger partial charge in [0.05, 0.1) is 23.6 Å². The Labute approximate surface area is 170 Å². The van der Waals surface area contributed by atoms with E-state index in [0.717, 1.165) is 17.0 Å². The Morgan fingerprint density at radius 3 is 2.89 bits per heavy atom. The largest absolute Gasteiger partial charge is 0.497 e. The van der Waals surface area contributed by atoms with Gasteiger partial charge in [0.2, 0.25) is 11.7 Å². The Morgan fingerprint density at radius 2 is 2.07 bits per heavy atom. The van der Waals surface area contributed by atoms with Crippen LogP contribution < -0.4 is 4.74 Å². The summed E-state index contributed by atoms with van der Waals surface area (Å²) >= 11 is 1.70. The molecule has 0 aliphatic heterocycles. The molecule has 1 aliphatic rings. The normalized spacial score (nSPS) is 16.2. The topological polar surface area (TPSA) is 78.1 Å². The predicted molar refractivity (Wildman–Crippen MR) is 110 cm³/mol. The van der Waals surface area contributed by atoms with Crippen LogP contribution in [0.2, 0.25) is 0 Å². The lowest BCUT2D eigenvalue weighted by Gasteiger charge is -2.18. The van der Waals surface area contributed by atoms with E-state index in [2.05, 4.69) is 10.1 Å². The van der Waals surface area contributed by atoms with Gasteiger partial charge in [-0.15, -0.1) is 11.3 Å². The maximum absolute atomic E-state index is 12.5. The molecule has 1 aliphatic carbocycles. The molecular formula is C20H23N3O3S2. The number of hydrogen-bond donors (Lipinski definition) is 0. The Hall–Kier alpha value is -2.06. The summed E-state index contributed by atoms with van der Waals surface area (Å²) in [6.07, 6.45) is 6.37. The molecule has 1 unspecified atom stereocenters. The summed E-state index contributed by atoms with van der Waals surface area (Å²) in [7, 11) is 0.474. The second-order valence-corrected chi connectivity index (χ2v) is 9.33. The molecule has 1 saturated carbocycles. The first-order valence-electron chi connectivity index (χ1n) is 9.47. The molecule has 28 heavy (non-hydrogen) atoms. The first-order chi connectivity index (χ1) is 13.7. The molecule has 6 nitrogen and oxygen atoms in total. The van der Waals surface area contributed by atoms with Gasteiger partial charge in [0, 0.05) is 27.7 Å². The molecule has 0 bridgehead atoms. The fourth-order valence-electron chi connectivity index (χ4n) is 3.47. The number of aromatic nitrogens is 3. The molecule has 8 heteroatoms. The van der Waals surface area contributed by atoms with Crippen LogP contribution in [0, 0.1) is 0 Å². The van der Waals surface area contributed by atoms with Crippen molar-refractivity contribution >= 4 is 22.1 Å². The fourth-order valence-corrected chi connectivity index (χ4v) is 5.54. The molecule has 0 radical (unpaired) electrons. The van der Waals surface area contributed by atoms with E-state index in [1.165, 1.54) is 37.1 Å². The van der Waals surface area contributed by atoms with Crippen molar-refractivity contribution in [1.29, 1.82) is 0 Å². The molecule has 1 atom stereocenters. The van der Waals surface area contributed by atoms with Gasteiger partial charge in [-0.05, 0) is 25.0 Å². The van der Waals surface area contributed by atoms with Gasteiger partial charge in [0.15, 0.2) is 0 Å². The maximum Gasteiger partial charge on any atom is 0.239 e. The van der Waals surface area contributed by atoms with Crippen LogP contribution >= 0.6 is 11.3 Å². The molecule has 1 fully saturated rings. The Kier molecular flexibility index (Phi) is 6.17. The van der Waals surface area contributed by atoms with Gasteiger partial charge >= 0.3 is 0 Å². The average molecular weight is 418 g/mol. The number of nitrogens with zero attached hydrogens (tertiary/aromatic N) is 3. The SMILES string of the molecule is COc1cccc(-c2noc(CS(=O)Cc3csc(C4CCCCC4)n3)n2)c1. The highest BCUT2D eigenvalue weighted by atomic mass is 32.2. The highest BCUT2D eigenvalue weighted by Crippen LogP contribution is 2.34.